The minimum atomic E-state index is -0.753. The lowest BCUT2D eigenvalue weighted by Crippen LogP contribution is -2.51. The molecule has 17 nitrogen and oxygen atoms in total. The fourth-order valence-electron chi connectivity index (χ4n) is 9.94. The third-order valence-corrected chi connectivity index (χ3v) is 13.9. The lowest BCUT2D eigenvalue weighted by molar-refractivity contribution is -0.136. The number of likely N-dealkylation sites (tertiary alicyclic amines) is 2. The number of alkyl carbamates (subject to hydrolysis) is 2. The van der Waals surface area contributed by atoms with Crippen molar-refractivity contribution in [2.24, 2.45) is 23.7 Å². The van der Waals surface area contributed by atoms with Gasteiger partial charge in [0.25, 0.3) is 0 Å². The van der Waals surface area contributed by atoms with Gasteiger partial charge in [-0.2, -0.15) is 0 Å². The lowest BCUT2D eigenvalue weighted by atomic mass is 9.92. The van der Waals surface area contributed by atoms with Crippen LogP contribution in [0.4, 0.5) is 9.59 Å². The third-order valence-electron chi connectivity index (χ3n) is 13.9. The van der Waals surface area contributed by atoms with Gasteiger partial charge >= 0.3 is 12.2 Å². The van der Waals surface area contributed by atoms with Gasteiger partial charge in [0.15, 0.2) is 0 Å². The summed E-state index contributed by atoms with van der Waals surface area (Å²) in [5.74, 6) is 1.71. The summed E-state index contributed by atoms with van der Waals surface area (Å²) in [5, 5.41) is 7.48. The quantitative estimate of drug-likeness (QED) is 0.0823. The van der Waals surface area contributed by atoms with E-state index in [2.05, 4.69) is 57.0 Å². The van der Waals surface area contributed by atoms with E-state index in [1.54, 1.807) is 20.4 Å². The molecule has 8 rings (SSSR count). The number of carbonyl (C=O) groups excluding carboxylic acids is 4. The average molecular weight is 907 g/mol. The van der Waals surface area contributed by atoms with Gasteiger partial charge in [-0.05, 0) is 71.0 Å². The molecule has 352 valence electrons. The van der Waals surface area contributed by atoms with E-state index in [1.165, 1.54) is 14.2 Å². The molecule has 0 aliphatic carbocycles. The van der Waals surface area contributed by atoms with Gasteiger partial charge in [-0.3, -0.25) is 9.59 Å². The SMILES string of the molecule is CC[C@H](C)C(NC(=O)OC)C(=O)N1C[C@@H](COC)C[C@H]1c1ncc(-c2ccc3c(c2)COc2cc4c(ccc5[nH]c([C@@H]6C[C@H](COC)CN6C(=O)[C@@H](NC(=O)OC)[C@@H](C)CC)nc54)cc2-3)[nH]1. The van der Waals surface area contributed by atoms with Gasteiger partial charge in [0.2, 0.25) is 11.8 Å². The number of hydrogen-bond donors (Lipinski definition) is 4. The van der Waals surface area contributed by atoms with Crippen molar-refractivity contribution in [3.63, 3.8) is 0 Å². The van der Waals surface area contributed by atoms with Crippen molar-refractivity contribution in [1.29, 1.82) is 0 Å². The van der Waals surface area contributed by atoms with Crippen LogP contribution in [0.5, 0.6) is 5.75 Å². The second-order valence-electron chi connectivity index (χ2n) is 18.1. The first kappa shape index (κ1) is 46.3. The maximum atomic E-state index is 14.2. The van der Waals surface area contributed by atoms with Gasteiger partial charge in [-0.25, -0.2) is 19.6 Å². The van der Waals surface area contributed by atoms with Crippen molar-refractivity contribution in [2.45, 2.75) is 84.2 Å². The number of carbonyl (C=O) groups is 4. The molecule has 66 heavy (non-hydrogen) atoms. The first-order chi connectivity index (χ1) is 31.9. The highest BCUT2D eigenvalue weighted by Gasteiger charge is 2.43. The lowest BCUT2D eigenvalue weighted by Gasteiger charge is -2.31. The van der Waals surface area contributed by atoms with Crippen LogP contribution >= 0.6 is 0 Å². The molecule has 1 unspecified atom stereocenters. The van der Waals surface area contributed by atoms with E-state index < -0.39 is 24.3 Å². The summed E-state index contributed by atoms with van der Waals surface area (Å²) in [6.45, 7) is 10.2. The van der Waals surface area contributed by atoms with E-state index in [4.69, 9.17) is 33.7 Å². The number of methoxy groups -OCH3 is 4. The minimum absolute atomic E-state index is 0.0914. The zero-order valence-electron chi connectivity index (χ0n) is 39.1. The Morgan fingerprint density at radius 2 is 1.38 bits per heavy atom. The maximum absolute atomic E-state index is 14.2. The number of H-pyrrole nitrogens is 2. The predicted molar refractivity (Wildman–Crippen MR) is 247 cm³/mol. The van der Waals surface area contributed by atoms with E-state index >= 15 is 0 Å². The molecule has 0 radical (unpaired) electrons. The van der Waals surface area contributed by atoms with E-state index in [1.807, 2.05) is 43.6 Å². The van der Waals surface area contributed by atoms with Crippen LogP contribution in [-0.4, -0.2) is 121 Å². The molecule has 2 saturated heterocycles. The second-order valence-corrected chi connectivity index (χ2v) is 18.1. The number of benzene rings is 3. The smallest absolute Gasteiger partial charge is 0.407 e. The molecule has 4 N–H and O–H groups in total. The number of amides is 4. The van der Waals surface area contributed by atoms with E-state index in [0.29, 0.717) is 70.2 Å². The summed E-state index contributed by atoms with van der Waals surface area (Å²) in [6, 6.07) is 12.4. The zero-order valence-corrected chi connectivity index (χ0v) is 39.1. The van der Waals surface area contributed by atoms with Crippen LogP contribution in [0.2, 0.25) is 0 Å². The summed E-state index contributed by atoms with van der Waals surface area (Å²) in [7, 11) is 5.91. The molecule has 4 amide bonds. The van der Waals surface area contributed by atoms with Crippen molar-refractivity contribution in [1.82, 2.24) is 40.4 Å². The standard InChI is InChI=1S/C49H62N8O9/c1-9-26(3)41(54-48(60)64-7)46(58)56-21-28(23-62-5)15-38(56)44-50-20-37(52-44)31-11-13-33-32(17-31)25-66-40-19-34-30(18-35(33)40)12-14-36-43(34)53-45(51-36)39-16-29(24-63-6)22-57(39)47(59)42(27(4)10-2)55-49(61)65-8/h11-14,17-20,26-29,38-39,41-42H,9-10,15-16,21-25H2,1-8H3,(H,50,52)(H,51,53)(H,54,60)(H,55,61)/t26-,27-,28-,29-,38-,39-,41?,42-/m0/s1. The van der Waals surface area contributed by atoms with Crippen LogP contribution in [0.25, 0.3) is 44.2 Å². The van der Waals surface area contributed by atoms with E-state index in [9.17, 15) is 19.2 Å². The number of ether oxygens (including phenoxy) is 5. The molecule has 0 spiro atoms. The van der Waals surface area contributed by atoms with E-state index in [0.717, 1.165) is 55.5 Å². The zero-order chi connectivity index (χ0) is 46.8. The van der Waals surface area contributed by atoms with Crippen LogP contribution in [0.15, 0.2) is 48.7 Å². The number of aromatic nitrogens is 4. The van der Waals surface area contributed by atoms with Crippen LogP contribution in [0.3, 0.4) is 0 Å². The minimum Gasteiger partial charge on any atom is -0.488 e. The molecular formula is C49H62N8O9. The Balaban J connectivity index is 1.06. The van der Waals surface area contributed by atoms with Gasteiger partial charge in [0.05, 0.1) is 62.4 Å². The van der Waals surface area contributed by atoms with Crippen molar-refractivity contribution >= 4 is 45.8 Å². The Bertz CT molecular complexity index is 2590. The van der Waals surface area contributed by atoms with Crippen molar-refractivity contribution in [2.75, 3.05) is 54.7 Å². The highest BCUT2D eigenvalue weighted by molar-refractivity contribution is 6.07. The van der Waals surface area contributed by atoms with Crippen LogP contribution in [0.1, 0.15) is 82.7 Å². The number of imidazole rings is 2. The maximum Gasteiger partial charge on any atom is 0.407 e. The Morgan fingerprint density at radius 1 is 0.773 bits per heavy atom. The molecule has 8 atom stereocenters. The topological polar surface area (TPSA) is 202 Å². The van der Waals surface area contributed by atoms with Gasteiger partial charge in [-0.1, -0.05) is 58.7 Å². The number of aromatic amines is 2. The fraction of sp³-hybridized carbons (Fsp3) is 0.510. The summed E-state index contributed by atoms with van der Waals surface area (Å²) in [4.78, 5) is 73.7. The Hall–Kier alpha value is -6.20. The number of rotatable bonds is 15. The van der Waals surface area contributed by atoms with Gasteiger partial charge < -0.3 is 54.1 Å². The van der Waals surface area contributed by atoms with Gasteiger partial charge in [-0.15, -0.1) is 0 Å². The molecule has 5 aromatic rings. The van der Waals surface area contributed by atoms with Gasteiger partial charge in [0.1, 0.15) is 36.1 Å². The Morgan fingerprint density at radius 3 is 1.95 bits per heavy atom. The molecule has 3 aliphatic heterocycles. The second kappa shape index (κ2) is 19.7. The highest BCUT2D eigenvalue weighted by atomic mass is 16.5. The first-order valence-corrected chi connectivity index (χ1v) is 22.9. The summed E-state index contributed by atoms with van der Waals surface area (Å²) in [6.07, 6.45) is 3.23. The monoisotopic (exact) mass is 906 g/mol. The van der Waals surface area contributed by atoms with Crippen LogP contribution in [-0.2, 0) is 35.1 Å². The van der Waals surface area contributed by atoms with Crippen molar-refractivity contribution in [3.05, 3.63) is 65.9 Å². The van der Waals surface area contributed by atoms with Crippen LogP contribution in [0, 0.1) is 23.7 Å². The van der Waals surface area contributed by atoms with Crippen LogP contribution < -0.4 is 15.4 Å². The number of nitrogens with one attached hydrogen (secondary N) is 4. The molecule has 2 aromatic heterocycles. The first-order valence-electron chi connectivity index (χ1n) is 22.9. The molecule has 3 aliphatic rings. The summed E-state index contributed by atoms with van der Waals surface area (Å²) < 4.78 is 27.3. The Kier molecular flexibility index (Phi) is 13.8. The molecule has 2 fully saturated rings. The van der Waals surface area contributed by atoms with E-state index in [-0.39, 0.29) is 47.6 Å². The molecule has 0 bridgehead atoms. The largest absolute Gasteiger partial charge is 0.488 e. The number of hydrogen-bond acceptors (Lipinski definition) is 11. The fourth-order valence-corrected chi connectivity index (χ4v) is 9.94. The molecule has 5 heterocycles. The molecule has 3 aromatic carbocycles. The average Bonchev–Trinajstić information content (AvgIpc) is 4.17. The normalized spacial score (nSPS) is 20.8. The number of fused-ring (bicyclic) bond motifs is 6. The predicted octanol–water partition coefficient (Wildman–Crippen LogP) is 7.28. The molecular weight excluding hydrogens is 845 g/mol. The third kappa shape index (κ3) is 9.02. The Labute approximate surface area is 384 Å². The van der Waals surface area contributed by atoms with Crippen molar-refractivity contribution < 1.29 is 42.9 Å². The number of nitrogens with zero attached hydrogens (tertiary/aromatic N) is 4. The van der Waals surface area contributed by atoms with Crippen molar-refractivity contribution in [3.8, 4) is 28.1 Å². The molecule has 17 heteroatoms. The van der Waals surface area contributed by atoms with Gasteiger partial charge in [0, 0.05) is 50.1 Å². The summed E-state index contributed by atoms with van der Waals surface area (Å²) >= 11 is 0. The molecule has 0 saturated carbocycles. The summed E-state index contributed by atoms with van der Waals surface area (Å²) in [5.41, 5.74) is 6.44. The highest BCUT2D eigenvalue weighted by Crippen LogP contribution is 2.44.